The van der Waals surface area contributed by atoms with Crippen LogP contribution >= 0.6 is 0 Å². The molecular formula is C31H24N4O2S. The van der Waals surface area contributed by atoms with Crippen molar-refractivity contribution < 1.29 is 8.42 Å². The molecule has 0 saturated heterocycles. The number of anilines is 1. The first-order valence-corrected chi connectivity index (χ1v) is 13.8. The smallest absolute Gasteiger partial charge is 0.270 e. The highest BCUT2D eigenvalue weighted by Crippen LogP contribution is 2.41. The maximum absolute atomic E-state index is 14.5. The fourth-order valence-corrected chi connectivity index (χ4v) is 6.87. The molecule has 0 spiro atoms. The second kappa shape index (κ2) is 7.94. The van der Waals surface area contributed by atoms with Gasteiger partial charge in [-0.25, -0.2) is 17.4 Å². The zero-order valence-corrected chi connectivity index (χ0v) is 21.7. The summed E-state index contributed by atoms with van der Waals surface area (Å²) in [6, 6.07) is 26.6. The van der Waals surface area contributed by atoms with Gasteiger partial charge in [-0.05, 0) is 61.0 Å². The van der Waals surface area contributed by atoms with Crippen molar-refractivity contribution in [2.45, 2.75) is 18.7 Å². The molecule has 0 aliphatic carbocycles. The summed E-state index contributed by atoms with van der Waals surface area (Å²) < 4.78 is 30.4. The van der Waals surface area contributed by atoms with Gasteiger partial charge in [0.25, 0.3) is 10.0 Å². The number of nitrogens with two attached hydrogens (primary N) is 1. The second-order valence-electron chi connectivity index (χ2n) is 9.82. The highest BCUT2D eigenvalue weighted by molar-refractivity contribution is 7.90. The number of aromatic amines is 1. The van der Waals surface area contributed by atoms with Gasteiger partial charge in [-0.15, -0.1) is 0 Å². The molecule has 5 aromatic carbocycles. The molecule has 3 N–H and O–H groups in total. The molecule has 6 nitrogen and oxygen atoms in total. The topological polar surface area (TPSA) is 93.8 Å². The summed E-state index contributed by atoms with van der Waals surface area (Å²) in [6.07, 6.45) is 1.84. The number of hydrogen-bond acceptors (Lipinski definition) is 4. The predicted molar refractivity (Wildman–Crippen MR) is 155 cm³/mol. The molecule has 0 fully saturated rings. The van der Waals surface area contributed by atoms with Gasteiger partial charge >= 0.3 is 0 Å². The predicted octanol–water partition coefficient (Wildman–Crippen LogP) is 6.93. The third-order valence-corrected chi connectivity index (χ3v) is 8.95. The van der Waals surface area contributed by atoms with Crippen LogP contribution in [0.15, 0.2) is 96.0 Å². The highest BCUT2D eigenvalue weighted by Gasteiger charge is 2.29. The van der Waals surface area contributed by atoms with Gasteiger partial charge in [-0.3, -0.25) is 0 Å². The van der Waals surface area contributed by atoms with Gasteiger partial charge < -0.3 is 10.7 Å². The number of aromatic nitrogens is 3. The van der Waals surface area contributed by atoms with Crippen molar-refractivity contribution in [2.24, 2.45) is 0 Å². The number of nitrogens with zero attached hydrogens (tertiary/aromatic N) is 2. The maximum Gasteiger partial charge on any atom is 0.270 e. The van der Waals surface area contributed by atoms with E-state index in [4.69, 9.17) is 10.7 Å². The van der Waals surface area contributed by atoms with Crippen molar-refractivity contribution >= 4 is 59.2 Å². The number of aryl methyl sites for hydroxylation is 2. The standard InChI is InChI=1S/C31H24N4O2S/c1-18-7-11-21(12-8-18)38(36,37)35-30-26-16-20(32)10-13-23(26)22-5-3-4-6-24(22)29(30)34-31(35)27-17-33-28-14-9-19(2)15-25(27)28/h3-17,33H,32H2,1-2H3. The van der Waals surface area contributed by atoms with Crippen LogP contribution in [-0.2, 0) is 10.0 Å². The van der Waals surface area contributed by atoms with Crippen LogP contribution in [0.4, 0.5) is 5.69 Å². The van der Waals surface area contributed by atoms with Gasteiger partial charge in [-0.1, -0.05) is 59.7 Å². The minimum absolute atomic E-state index is 0.199. The van der Waals surface area contributed by atoms with Crippen molar-refractivity contribution in [1.29, 1.82) is 0 Å². The Morgan fingerprint density at radius 1 is 0.763 bits per heavy atom. The van der Waals surface area contributed by atoms with Crippen molar-refractivity contribution in [2.75, 3.05) is 5.73 Å². The Hall–Kier alpha value is -4.62. The van der Waals surface area contributed by atoms with Crippen LogP contribution in [0.2, 0.25) is 0 Å². The van der Waals surface area contributed by atoms with E-state index in [2.05, 4.69) is 11.1 Å². The fraction of sp³-hybridized carbons (Fsp3) is 0.0645. The Kier molecular flexibility index (Phi) is 4.71. The van der Waals surface area contributed by atoms with Crippen LogP contribution in [0.1, 0.15) is 11.1 Å². The van der Waals surface area contributed by atoms with E-state index < -0.39 is 10.0 Å². The summed E-state index contributed by atoms with van der Waals surface area (Å²) in [5.41, 5.74) is 11.6. The molecule has 2 aromatic heterocycles. The summed E-state index contributed by atoms with van der Waals surface area (Å²) in [5, 5.41) is 4.45. The summed E-state index contributed by atoms with van der Waals surface area (Å²) in [5.74, 6) is 0.359. The summed E-state index contributed by atoms with van der Waals surface area (Å²) >= 11 is 0. The Bertz CT molecular complexity index is 2170. The SMILES string of the molecule is Cc1ccc(S(=O)(=O)n2c(-c3c[nH]c4ccc(C)cc34)nc3c4ccccc4c4ccc(N)cc4c32)cc1. The summed E-state index contributed by atoms with van der Waals surface area (Å²) in [4.78, 5) is 8.57. The third-order valence-electron chi connectivity index (χ3n) is 7.25. The van der Waals surface area contributed by atoms with Crippen LogP contribution in [0.5, 0.6) is 0 Å². The van der Waals surface area contributed by atoms with Crippen LogP contribution in [0.25, 0.3) is 54.9 Å². The molecule has 0 aliphatic rings. The van der Waals surface area contributed by atoms with E-state index in [1.165, 1.54) is 3.97 Å². The van der Waals surface area contributed by atoms with Gasteiger partial charge in [0.15, 0.2) is 5.82 Å². The number of hydrogen-bond donors (Lipinski definition) is 2. The lowest BCUT2D eigenvalue weighted by atomic mass is 9.99. The lowest BCUT2D eigenvalue weighted by Crippen LogP contribution is -2.14. The van der Waals surface area contributed by atoms with E-state index >= 15 is 0 Å². The number of imidazole rings is 1. The Morgan fingerprint density at radius 2 is 1.47 bits per heavy atom. The molecule has 0 aliphatic heterocycles. The number of nitrogens with one attached hydrogen (secondary N) is 1. The molecule has 2 heterocycles. The second-order valence-corrected chi connectivity index (χ2v) is 11.6. The first-order chi connectivity index (χ1) is 18.3. The average Bonchev–Trinajstić information content (AvgIpc) is 3.51. The minimum atomic E-state index is -4.05. The molecule has 38 heavy (non-hydrogen) atoms. The van der Waals surface area contributed by atoms with E-state index in [0.29, 0.717) is 22.5 Å². The van der Waals surface area contributed by atoms with Crippen molar-refractivity contribution in [3.05, 3.63) is 102 Å². The molecule has 186 valence electrons. The molecule has 0 unspecified atom stereocenters. The molecule has 7 rings (SSSR count). The zero-order chi connectivity index (χ0) is 26.2. The van der Waals surface area contributed by atoms with Crippen LogP contribution in [0, 0.1) is 13.8 Å². The van der Waals surface area contributed by atoms with Gasteiger partial charge in [-0.2, -0.15) is 0 Å². The monoisotopic (exact) mass is 516 g/mol. The molecular weight excluding hydrogens is 492 g/mol. The number of benzene rings is 5. The van der Waals surface area contributed by atoms with Gasteiger partial charge in [0.1, 0.15) is 0 Å². The first-order valence-electron chi connectivity index (χ1n) is 12.4. The van der Waals surface area contributed by atoms with Crippen LogP contribution in [-0.4, -0.2) is 22.4 Å². The van der Waals surface area contributed by atoms with Crippen LogP contribution < -0.4 is 5.73 Å². The lowest BCUT2D eigenvalue weighted by Gasteiger charge is -2.13. The number of nitrogen functional groups attached to an aromatic ring is 1. The molecule has 7 aromatic rings. The molecule has 7 heteroatoms. The van der Waals surface area contributed by atoms with Gasteiger partial charge in [0, 0.05) is 39.1 Å². The largest absolute Gasteiger partial charge is 0.399 e. The fourth-order valence-electron chi connectivity index (χ4n) is 5.39. The van der Waals surface area contributed by atoms with Gasteiger partial charge in [0.05, 0.1) is 15.9 Å². The Morgan fingerprint density at radius 3 is 2.26 bits per heavy atom. The van der Waals surface area contributed by atoms with E-state index in [-0.39, 0.29) is 4.90 Å². The van der Waals surface area contributed by atoms with Crippen LogP contribution in [0.3, 0.4) is 0 Å². The molecule has 0 bridgehead atoms. The highest BCUT2D eigenvalue weighted by atomic mass is 32.2. The summed E-state index contributed by atoms with van der Waals surface area (Å²) in [6.45, 7) is 3.96. The van der Waals surface area contributed by atoms with Crippen molar-refractivity contribution in [3.8, 4) is 11.4 Å². The Labute approximate surface area is 219 Å². The third kappa shape index (κ3) is 3.18. The van der Waals surface area contributed by atoms with E-state index in [1.807, 2.05) is 86.8 Å². The first kappa shape index (κ1) is 22.6. The molecule has 0 radical (unpaired) electrons. The number of rotatable bonds is 3. The molecule has 0 amide bonds. The number of H-pyrrole nitrogens is 1. The van der Waals surface area contributed by atoms with Crippen molar-refractivity contribution in [3.63, 3.8) is 0 Å². The van der Waals surface area contributed by atoms with E-state index in [0.717, 1.165) is 49.1 Å². The zero-order valence-electron chi connectivity index (χ0n) is 20.9. The van der Waals surface area contributed by atoms with E-state index in [9.17, 15) is 8.42 Å². The maximum atomic E-state index is 14.5. The quantitative estimate of drug-likeness (QED) is 0.197. The molecule has 0 atom stereocenters. The molecule has 0 saturated carbocycles. The van der Waals surface area contributed by atoms with Crippen molar-refractivity contribution in [1.82, 2.24) is 13.9 Å². The Balaban J connectivity index is 1.73. The normalized spacial score (nSPS) is 12.3. The average molecular weight is 517 g/mol. The summed E-state index contributed by atoms with van der Waals surface area (Å²) in [7, 11) is -4.05. The lowest BCUT2D eigenvalue weighted by molar-refractivity contribution is 0.589. The van der Waals surface area contributed by atoms with E-state index in [1.54, 1.807) is 12.1 Å². The van der Waals surface area contributed by atoms with Gasteiger partial charge in [0.2, 0.25) is 0 Å². The number of fused-ring (bicyclic) bond motifs is 7. The minimum Gasteiger partial charge on any atom is -0.399 e.